The number of nitrogens with one attached hydrogen (secondary N) is 2. The molecule has 6 heteroatoms. The van der Waals surface area contributed by atoms with Crippen molar-refractivity contribution in [2.75, 3.05) is 13.1 Å². The van der Waals surface area contributed by atoms with Crippen molar-refractivity contribution in [2.45, 2.75) is 53.9 Å². The minimum atomic E-state index is -0.873. The van der Waals surface area contributed by atoms with Crippen LogP contribution in [0.15, 0.2) is 0 Å². The van der Waals surface area contributed by atoms with Crippen LogP contribution in [0.1, 0.15) is 53.9 Å². The highest BCUT2D eigenvalue weighted by molar-refractivity contribution is 5.81. The molecule has 0 heterocycles. The van der Waals surface area contributed by atoms with Gasteiger partial charge in [-0.25, -0.2) is 0 Å². The van der Waals surface area contributed by atoms with E-state index in [0.29, 0.717) is 32.4 Å². The molecule has 0 saturated heterocycles. The zero-order valence-electron chi connectivity index (χ0n) is 13.7. The fourth-order valence-electron chi connectivity index (χ4n) is 1.43. The average molecular weight is 300 g/mol. The van der Waals surface area contributed by atoms with Crippen molar-refractivity contribution in [3.05, 3.63) is 0 Å². The number of hydrogen-bond acceptors (Lipinski definition) is 3. The van der Waals surface area contributed by atoms with Gasteiger partial charge in [-0.1, -0.05) is 20.8 Å². The van der Waals surface area contributed by atoms with Gasteiger partial charge >= 0.3 is 5.97 Å². The zero-order chi connectivity index (χ0) is 16.7. The summed E-state index contributed by atoms with van der Waals surface area (Å²) >= 11 is 0. The molecule has 0 aliphatic rings. The highest BCUT2D eigenvalue weighted by Gasteiger charge is 2.26. The third kappa shape index (κ3) is 8.32. The van der Waals surface area contributed by atoms with Gasteiger partial charge in [-0.15, -0.1) is 0 Å². The Hall–Kier alpha value is -1.59. The van der Waals surface area contributed by atoms with Crippen LogP contribution < -0.4 is 10.6 Å². The van der Waals surface area contributed by atoms with Gasteiger partial charge in [-0.3, -0.25) is 14.4 Å². The SMILES string of the molecule is CC(C)(C)C(=O)NCCCC(=O)NCCC(C)(C)C(=O)O. The van der Waals surface area contributed by atoms with Crippen molar-refractivity contribution in [2.24, 2.45) is 10.8 Å². The molecule has 122 valence electrons. The number of hydrogen-bond donors (Lipinski definition) is 3. The van der Waals surface area contributed by atoms with Crippen LogP contribution in [-0.4, -0.2) is 36.0 Å². The molecule has 6 nitrogen and oxygen atoms in total. The molecule has 0 saturated carbocycles. The first kappa shape index (κ1) is 19.4. The highest BCUT2D eigenvalue weighted by atomic mass is 16.4. The Bertz CT molecular complexity index is 384. The van der Waals surface area contributed by atoms with Gasteiger partial charge in [-0.2, -0.15) is 0 Å². The van der Waals surface area contributed by atoms with E-state index < -0.39 is 16.8 Å². The minimum Gasteiger partial charge on any atom is -0.481 e. The van der Waals surface area contributed by atoms with Crippen LogP contribution in [0.5, 0.6) is 0 Å². The lowest BCUT2D eigenvalue weighted by Crippen LogP contribution is -2.36. The maximum absolute atomic E-state index is 11.6. The summed E-state index contributed by atoms with van der Waals surface area (Å²) in [5.41, 5.74) is -1.27. The first-order valence-corrected chi connectivity index (χ1v) is 7.25. The number of amides is 2. The van der Waals surface area contributed by atoms with Crippen molar-refractivity contribution >= 4 is 17.8 Å². The van der Waals surface area contributed by atoms with Crippen LogP contribution in [0.4, 0.5) is 0 Å². The van der Waals surface area contributed by atoms with E-state index in [1.54, 1.807) is 13.8 Å². The van der Waals surface area contributed by atoms with E-state index in [1.807, 2.05) is 20.8 Å². The summed E-state index contributed by atoms with van der Waals surface area (Å²) in [5.74, 6) is -1.03. The Morgan fingerprint density at radius 3 is 2.00 bits per heavy atom. The third-order valence-electron chi connectivity index (χ3n) is 3.20. The molecule has 0 atom stereocenters. The quantitative estimate of drug-likeness (QED) is 0.593. The summed E-state index contributed by atoms with van der Waals surface area (Å²) in [5, 5.41) is 14.4. The maximum Gasteiger partial charge on any atom is 0.309 e. The van der Waals surface area contributed by atoms with Crippen molar-refractivity contribution in [3.8, 4) is 0 Å². The number of aliphatic carboxylic acids is 1. The molecule has 0 aliphatic heterocycles. The first-order valence-electron chi connectivity index (χ1n) is 7.25. The van der Waals surface area contributed by atoms with Gasteiger partial charge in [0.2, 0.25) is 11.8 Å². The predicted octanol–water partition coefficient (Wildman–Crippen LogP) is 1.55. The van der Waals surface area contributed by atoms with E-state index in [-0.39, 0.29) is 11.8 Å². The second kappa shape index (κ2) is 8.00. The summed E-state index contributed by atoms with van der Waals surface area (Å²) in [6, 6.07) is 0. The molecule has 0 aromatic heterocycles. The van der Waals surface area contributed by atoms with Gasteiger partial charge in [-0.05, 0) is 26.7 Å². The Morgan fingerprint density at radius 2 is 1.52 bits per heavy atom. The average Bonchev–Trinajstić information content (AvgIpc) is 2.32. The lowest BCUT2D eigenvalue weighted by atomic mass is 9.90. The molecule has 0 aliphatic carbocycles. The minimum absolute atomic E-state index is 0.0360. The van der Waals surface area contributed by atoms with Crippen LogP contribution in [0.3, 0.4) is 0 Å². The normalized spacial score (nSPS) is 11.9. The number of rotatable bonds is 8. The maximum atomic E-state index is 11.6. The van der Waals surface area contributed by atoms with E-state index in [0.717, 1.165) is 0 Å². The standard InChI is InChI=1S/C15H28N2O4/c1-14(2,3)12(19)17-9-6-7-11(18)16-10-8-15(4,5)13(20)21/h6-10H2,1-5H3,(H,16,18)(H,17,19)(H,20,21). The predicted molar refractivity (Wildman–Crippen MR) is 80.7 cm³/mol. The Labute approximate surface area is 126 Å². The first-order chi connectivity index (χ1) is 9.47. The molecule has 0 fully saturated rings. The topological polar surface area (TPSA) is 95.5 Å². The van der Waals surface area contributed by atoms with Crippen molar-refractivity contribution < 1.29 is 19.5 Å². The second-order valence-electron chi connectivity index (χ2n) is 6.90. The molecule has 0 unspecified atom stereocenters. The van der Waals surface area contributed by atoms with Crippen LogP contribution in [0, 0.1) is 10.8 Å². The molecule has 2 amide bonds. The molecule has 0 aromatic rings. The molecule has 0 radical (unpaired) electrons. The van der Waals surface area contributed by atoms with Crippen molar-refractivity contribution in [1.29, 1.82) is 0 Å². The monoisotopic (exact) mass is 300 g/mol. The van der Waals surface area contributed by atoms with Crippen molar-refractivity contribution in [1.82, 2.24) is 10.6 Å². The number of carbonyl (C=O) groups excluding carboxylic acids is 2. The van der Waals surface area contributed by atoms with Crippen LogP contribution in [-0.2, 0) is 14.4 Å². The van der Waals surface area contributed by atoms with Crippen LogP contribution >= 0.6 is 0 Å². The molecular formula is C15H28N2O4. The number of carbonyl (C=O) groups is 3. The van der Waals surface area contributed by atoms with Gasteiger partial charge < -0.3 is 15.7 Å². The fraction of sp³-hybridized carbons (Fsp3) is 0.800. The van der Waals surface area contributed by atoms with Gasteiger partial charge in [0.1, 0.15) is 0 Å². The van der Waals surface area contributed by atoms with Gasteiger partial charge in [0.05, 0.1) is 5.41 Å². The van der Waals surface area contributed by atoms with Gasteiger partial charge in [0, 0.05) is 24.9 Å². The highest BCUT2D eigenvalue weighted by Crippen LogP contribution is 2.19. The zero-order valence-corrected chi connectivity index (χ0v) is 13.7. The van der Waals surface area contributed by atoms with Crippen LogP contribution in [0.25, 0.3) is 0 Å². The Balaban J connectivity index is 3.79. The van der Waals surface area contributed by atoms with E-state index in [2.05, 4.69) is 10.6 Å². The molecule has 0 rings (SSSR count). The lowest BCUT2D eigenvalue weighted by Gasteiger charge is -2.19. The molecule has 0 bridgehead atoms. The largest absolute Gasteiger partial charge is 0.481 e. The smallest absolute Gasteiger partial charge is 0.309 e. The lowest BCUT2D eigenvalue weighted by molar-refractivity contribution is -0.147. The molecule has 0 aromatic carbocycles. The number of carboxylic acids is 1. The summed E-state index contributed by atoms with van der Waals surface area (Å²) in [7, 11) is 0. The summed E-state index contributed by atoms with van der Waals surface area (Å²) in [6.07, 6.45) is 1.27. The van der Waals surface area contributed by atoms with E-state index in [9.17, 15) is 14.4 Å². The number of carboxylic acid groups (broad SMARTS) is 1. The Kier molecular flexibility index (Phi) is 7.39. The van der Waals surface area contributed by atoms with Gasteiger partial charge in [0.25, 0.3) is 0 Å². The molecule has 21 heavy (non-hydrogen) atoms. The van der Waals surface area contributed by atoms with Crippen molar-refractivity contribution in [3.63, 3.8) is 0 Å². The summed E-state index contributed by atoms with van der Waals surface area (Å²) < 4.78 is 0. The molecule has 3 N–H and O–H groups in total. The molecular weight excluding hydrogens is 272 g/mol. The van der Waals surface area contributed by atoms with E-state index in [4.69, 9.17) is 5.11 Å². The second-order valence-corrected chi connectivity index (χ2v) is 6.90. The molecule has 0 spiro atoms. The van der Waals surface area contributed by atoms with E-state index >= 15 is 0 Å². The fourth-order valence-corrected chi connectivity index (χ4v) is 1.43. The van der Waals surface area contributed by atoms with Gasteiger partial charge in [0.15, 0.2) is 0 Å². The van der Waals surface area contributed by atoms with E-state index in [1.165, 1.54) is 0 Å². The Morgan fingerprint density at radius 1 is 0.952 bits per heavy atom. The summed E-state index contributed by atoms with van der Waals surface area (Å²) in [4.78, 5) is 34.1. The third-order valence-corrected chi connectivity index (χ3v) is 3.20. The van der Waals surface area contributed by atoms with Crippen LogP contribution in [0.2, 0.25) is 0 Å². The summed E-state index contributed by atoms with van der Waals surface area (Å²) in [6.45, 7) is 9.56.